The summed E-state index contributed by atoms with van der Waals surface area (Å²) in [5, 5.41) is 3.51. The predicted octanol–water partition coefficient (Wildman–Crippen LogP) is 3.98. The van der Waals surface area contributed by atoms with Crippen molar-refractivity contribution in [3.63, 3.8) is 0 Å². The highest BCUT2D eigenvalue weighted by atomic mass is 79.9. The van der Waals surface area contributed by atoms with Gasteiger partial charge >= 0.3 is 5.97 Å². The summed E-state index contributed by atoms with van der Waals surface area (Å²) in [6, 6.07) is 6.15. The van der Waals surface area contributed by atoms with Gasteiger partial charge in [-0.25, -0.2) is 4.79 Å². The first-order chi connectivity index (χ1) is 8.72. The molecule has 0 amide bonds. The SMILES string of the molecule is COC(=O)c1cccc(NC2CCCCC2)c1Br. The zero-order valence-electron chi connectivity index (χ0n) is 10.5. The summed E-state index contributed by atoms with van der Waals surface area (Å²) in [5.41, 5.74) is 1.54. The van der Waals surface area contributed by atoms with Crippen LogP contribution in [0.15, 0.2) is 22.7 Å². The molecule has 1 aliphatic rings. The number of ether oxygens (including phenoxy) is 1. The monoisotopic (exact) mass is 311 g/mol. The molecule has 0 aliphatic heterocycles. The molecular weight excluding hydrogens is 294 g/mol. The van der Waals surface area contributed by atoms with Crippen LogP contribution in [0.2, 0.25) is 0 Å². The van der Waals surface area contributed by atoms with Gasteiger partial charge in [0.15, 0.2) is 0 Å². The summed E-state index contributed by atoms with van der Waals surface area (Å²) >= 11 is 3.49. The van der Waals surface area contributed by atoms with Crippen molar-refractivity contribution in [2.45, 2.75) is 38.1 Å². The number of benzene rings is 1. The van der Waals surface area contributed by atoms with E-state index in [-0.39, 0.29) is 5.97 Å². The number of nitrogens with one attached hydrogen (secondary N) is 1. The molecule has 0 spiro atoms. The lowest BCUT2D eigenvalue weighted by Gasteiger charge is -2.24. The minimum atomic E-state index is -0.311. The van der Waals surface area contributed by atoms with Crippen LogP contribution in [0.1, 0.15) is 42.5 Å². The number of halogens is 1. The van der Waals surface area contributed by atoms with Gasteiger partial charge in [-0.2, -0.15) is 0 Å². The van der Waals surface area contributed by atoms with Gasteiger partial charge in [-0.1, -0.05) is 25.3 Å². The van der Waals surface area contributed by atoms with Gasteiger partial charge in [0.2, 0.25) is 0 Å². The van der Waals surface area contributed by atoms with Gasteiger partial charge in [0.1, 0.15) is 0 Å². The van der Waals surface area contributed by atoms with Gasteiger partial charge in [0.25, 0.3) is 0 Å². The minimum absolute atomic E-state index is 0.311. The average molecular weight is 312 g/mol. The maximum atomic E-state index is 11.6. The van der Waals surface area contributed by atoms with Gasteiger partial charge < -0.3 is 10.1 Å². The second-order valence-corrected chi connectivity index (χ2v) is 5.43. The van der Waals surface area contributed by atoms with Crippen LogP contribution in [0.5, 0.6) is 0 Å². The van der Waals surface area contributed by atoms with E-state index in [1.807, 2.05) is 12.1 Å². The Labute approximate surface area is 116 Å². The Morgan fingerprint density at radius 3 is 2.72 bits per heavy atom. The van der Waals surface area contributed by atoms with Crippen molar-refractivity contribution in [3.8, 4) is 0 Å². The number of esters is 1. The average Bonchev–Trinajstić information content (AvgIpc) is 2.41. The summed E-state index contributed by atoms with van der Waals surface area (Å²) in [4.78, 5) is 11.6. The molecule has 0 heterocycles. The summed E-state index contributed by atoms with van der Waals surface area (Å²) < 4.78 is 5.56. The lowest BCUT2D eigenvalue weighted by Crippen LogP contribution is -2.22. The van der Waals surface area contributed by atoms with Gasteiger partial charge in [0.05, 0.1) is 17.1 Å². The maximum Gasteiger partial charge on any atom is 0.339 e. The molecule has 98 valence electrons. The predicted molar refractivity (Wildman–Crippen MR) is 76.0 cm³/mol. The summed E-state index contributed by atoms with van der Waals surface area (Å²) in [6.45, 7) is 0. The molecule has 1 fully saturated rings. The second-order valence-electron chi connectivity index (χ2n) is 4.64. The van der Waals surface area contributed by atoms with Crippen molar-refractivity contribution < 1.29 is 9.53 Å². The van der Waals surface area contributed by atoms with Crippen LogP contribution in [-0.2, 0) is 4.74 Å². The second kappa shape index (κ2) is 6.23. The summed E-state index contributed by atoms with van der Waals surface area (Å²) in [7, 11) is 1.40. The van der Waals surface area contributed by atoms with Gasteiger partial charge in [-0.05, 0) is 40.9 Å². The Hall–Kier alpha value is -1.03. The van der Waals surface area contributed by atoms with Crippen LogP contribution in [0.3, 0.4) is 0 Å². The standard InChI is InChI=1S/C14H18BrNO2/c1-18-14(17)11-8-5-9-12(13(11)15)16-10-6-3-2-4-7-10/h5,8-10,16H,2-4,6-7H2,1H3. The molecule has 3 nitrogen and oxygen atoms in total. The third-order valence-corrected chi connectivity index (χ3v) is 4.22. The van der Waals surface area contributed by atoms with E-state index in [9.17, 15) is 4.79 Å². The number of anilines is 1. The highest BCUT2D eigenvalue weighted by Crippen LogP contribution is 2.30. The van der Waals surface area contributed by atoms with Crippen LogP contribution >= 0.6 is 15.9 Å². The Kier molecular flexibility index (Phi) is 4.64. The molecule has 0 aromatic heterocycles. The van der Waals surface area contributed by atoms with E-state index in [0.29, 0.717) is 11.6 Å². The Morgan fingerprint density at radius 2 is 2.06 bits per heavy atom. The third-order valence-electron chi connectivity index (χ3n) is 3.37. The van der Waals surface area contributed by atoms with Crippen LogP contribution < -0.4 is 5.32 Å². The van der Waals surface area contributed by atoms with Crippen molar-refractivity contribution in [1.82, 2.24) is 0 Å². The molecule has 1 aromatic carbocycles. The molecule has 0 atom stereocenters. The molecule has 0 unspecified atom stereocenters. The topological polar surface area (TPSA) is 38.3 Å². The quantitative estimate of drug-likeness (QED) is 0.858. The first-order valence-corrected chi connectivity index (χ1v) is 7.15. The number of methoxy groups -OCH3 is 1. The molecule has 1 aliphatic carbocycles. The van der Waals surface area contributed by atoms with Gasteiger partial charge in [-0.15, -0.1) is 0 Å². The molecule has 2 rings (SSSR count). The molecule has 1 saturated carbocycles. The van der Waals surface area contributed by atoms with E-state index in [1.54, 1.807) is 6.07 Å². The molecule has 1 aromatic rings. The molecule has 0 radical (unpaired) electrons. The molecule has 4 heteroatoms. The van der Waals surface area contributed by atoms with Crippen molar-refractivity contribution in [3.05, 3.63) is 28.2 Å². The Balaban J connectivity index is 2.15. The maximum absolute atomic E-state index is 11.6. The lowest BCUT2D eigenvalue weighted by atomic mass is 9.95. The van der Waals surface area contributed by atoms with Gasteiger partial charge in [-0.3, -0.25) is 0 Å². The zero-order valence-corrected chi connectivity index (χ0v) is 12.1. The van der Waals surface area contributed by atoms with E-state index in [1.165, 1.54) is 39.2 Å². The molecular formula is C14H18BrNO2. The number of carbonyl (C=O) groups excluding carboxylic acids is 1. The fourth-order valence-corrected chi connectivity index (χ4v) is 2.92. The third kappa shape index (κ3) is 3.05. The highest BCUT2D eigenvalue weighted by Gasteiger charge is 2.17. The van der Waals surface area contributed by atoms with Crippen LogP contribution in [0.25, 0.3) is 0 Å². The van der Waals surface area contributed by atoms with E-state index in [0.717, 1.165) is 10.2 Å². The van der Waals surface area contributed by atoms with E-state index in [4.69, 9.17) is 4.74 Å². The molecule has 0 saturated heterocycles. The number of carbonyl (C=O) groups is 1. The van der Waals surface area contributed by atoms with E-state index in [2.05, 4.69) is 21.2 Å². The molecule has 18 heavy (non-hydrogen) atoms. The summed E-state index contributed by atoms with van der Waals surface area (Å²) in [5.74, 6) is -0.311. The fraction of sp³-hybridized carbons (Fsp3) is 0.500. The fourth-order valence-electron chi connectivity index (χ4n) is 2.38. The number of rotatable bonds is 3. The normalized spacial score (nSPS) is 16.3. The van der Waals surface area contributed by atoms with Crippen LogP contribution in [-0.4, -0.2) is 19.1 Å². The first kappa shape index (κ1) is 13.4. The van der Waals surface area contributed by atoms with Crippen molar-refractivity contribution in [1.29, 1.82) is 0 Å². The largest absolute Gasteiger partial charge is 0.465 e. The highest BCUT2D eigenvalue weighted by molar-refractivity contribution is 9.10. The zero-order chi connectivity index (χ0) is 13.0. The van der Waals surface area contributed by atoms with Crippen molar-refractivity contribution in [2.24, 2.45) is 0 Å². The van der Waals surface area contributed by atoms with Crippen molar-refractivity contribution in [2.75, 3.05) is 12.4 Å². The van der Waals surface area contributed by atoms with Crippen molar-refractivity contribution >= 4 is 27.6 Å². The number of hydrogen-bond donors (Lipinski definition) is 1. The van der Waals surface area contributed by atoms with Crippen LogP contribution in [0, 0.1) is 0 Å². The van der Waals surface area contributed by atoms with E-state index < -0.39 is 0 Å². The molecule has 1 N–H and O–H groups in total. The number of hydrogen-bond acceptors (Lipinski definition) is 3. The smallest absolute Gasteiger partial charge is 0.339 e. The Morgan fingerprint density at radius 1 is 1.33 bits per heavy atom. The Bertz CT molecular complexity index is 428. The van der Waals surface area contributed by atoms with Gasteiger partial charge in [0, 0.05) is 11.7 Å². The van der Waals surface area contributed by atoms with Crippen LogP contribution in [0.4, 0.5) is 5.69 Å². The lowest BCUT2D eigenvalue weighted by molar-refractivity contribution is 0.0599. The minimum Gasteiger partial charge on any atom is -0.465 e. The summed E-state index contributed by atoms with van der Waals surface area (Å²) in [6.07, 6.45) is 6.31. The first-order valence-electron chi connectivity index (χ1n) is 6.35. The molecule has 0 bridgehead atoms. The van der Waals surface area contributed by atoms with E-state index >= 15 is 0 Å².